The van der Waals surface area contributed by atoms with Crippen LogP contribution in [0.5, 0.6) is 5.75 Å². The van der Waals surface area contributed by atoms with Crippen LogP contribution >= 0.6 is 0 Å². The Hall–Kier alpha value is -2.81. The molecule has 1 rings (SSSR count). The van der Waals surface area contributed by atoms with E-state index in [9.17, 15) is 24.6 Å². The summed E-state index contributed by atoms with van der Waals surface area (Å²) < 4.78 is 5.25. The minimum Gasteiger partial charge on any atom is -0.508 e. The van der Waals surface area contributed by atoms with Crippen molar-refractivity contribution in [2.24, 2.45) is 0 Å². The van der Waals surface area contributed by atoms with E-state index in [1.807, 2.05) is 13.8 Å². The number of hydrogen-bond acceptors (Lipinski definition) is 6. The van der Waals surface area contributed by atoms with Gasteiger partial charge in [-0.3, -0.25) is 9.59 Å². The molecule has 0 heterocycles. The van der Waals surface area contributed by atoms with E-state index in [1.165, 1.54) is 11.0 Å². The first-order valence-corrected chi connectivity index (χ1v) is 12.4. The Morgan fingerprint density at radius 2 is 1.74 bits per heavy atom. The lowest BCUT2D eigenvalue weighted by Crippen LogP contribution is -2.54. The highest BCUT2D eigenvalue weighted by Gasteiger charge is 2.36. The van der Waals surface area contributed by atoms with Crippen molar-refractivity contribution in [3.63, 3.8) is 0 Å². The molecular formula is C26H43N3O6. The molecule has 2 atom stereocenters. The van der Waals surface area contributed by atoms with Crippen molar-refractivity contribution < 1.29 is 29.3 Å². The molecule has 0 aliphatic rings. The number of rotatable bonds is 13. The van der Waals surface area contributed by atoms with Gasteiger partial charge in [0.05, 0.1) is 6.61 Å². The second-order valence-electron chi connectivity index (χ2n) is 9.71. The zero-order valence-corrected chi connectivity index (χ0v) is 22.0. The fraction of sp³-hybridized carbons (Fsp3) is 0.654. The number of aliphatic hydroxyl groups is 1. The maximum atomic E-state index is 13.6. The highest BCUT2D eigenvalue weighted by molar-refractivity contribution is 5.92. The van der Waals surface area contributed by atoms with E-state index in [-0.39, 0.29) is 18.2 Å². The van der Waals surface area contributed by atoms with E-state index >= 15 is 0 Å². The van der Waals surface area contributed by atoms with Gasteiger partial charge in [0.1, 0.15) is 23.4 Å². The van der Waals surface area contributed by atoms with E-state index in [0.717, 1.165) is 25.7 Å². The number of unbranched alkanes of at least 4 members (excludes halogenated alkanes) is 3. The maximum absolute atomic E-state index is 13.6. The van der Waals surface area contributed by atoms with E-state index in [1.54, 1.807) is 39.8 Å². The number of aromatic hydroxyl groups is 1. The highest BCUT2D eigenvalue weighted by atomic mass is 16.6. The quantitative estimate of drug-likeness (QED) is 0.311. The molecule has 0 fully saturated rings. The molecule has 2 unspecified atom stereocenters. The van der Waals surface area contributed by atoms with Crippen LogP contribution in [0, 0.1) is 6.92 Å². The first-order chi connectivity index (χ1) is 16.4. The van der Waals surface area contributed by atoms with E-state index in [0.29, 0.717) is 24.1 Å². The Balaban J connectivity index is 3.38. The Kier molecular flexibility index (Phi) is 12.6. The molecule has 4 N–H and O–H groups in total. The van der Waals surface area contributed by atoms with Crippen LogP contribution in [0.1, 0.15) is 83.9 Å². The molecule has 9 heteroatoms. The summed E-state index contributed by atoms with van der Waals surface area (Å²) in [5.41, 5.74) is 0.327. The summed E-state index contributed by atoms with van der Waals surface area (Å²) in [7, 11) is 0. The maximum Gasteiger partial charge on any atom is 0.408 e. The summed E-state index contributed by atoms with van der Waals surface area (Å²) in [6.07, 6.45) is 3.25. The van der Waals surface area contributed by atoms with Crippen LogP contribution < -0.4 is 10.6 Å². The predicted octanol–water partition coefficient (Wildman–Crippen LogP) is 3.56. The average Bonchev–Trinajstić information content (AvgIpc) is 2.77. The van der Waals surface area contributed by atoms with Crippen LogP contribution in [-0.4, -0.2) is 64.4 Å². The van der Waals surface area contributed by atoms with Crippen LogP contribution in [0.4, 0.5) is 4.79 Å². The number of aryl methyl sites for hydroxylation is 1. The van der Waals surface area contributed by atoms with Gasteiger partial charge in [-0.15, -0.1) is 0 Å². The number of phenols is 1. The second-order valence-corrected chi connectivity index (χ2v) is 9.71. The number of nitrogens with zero attached hydrogens (tertiary/aromatic N) is 1. The lowest BCUT2D eigenvalue weighted by atomic mass is 9.99. The molecule has 0 aliphatic heterocycles. The first kappa shape index (κ1) is 30.2. The minimum atomic E-state index is -1.28. The molecule has 0 spiro atoms. The van der Waals surface area contributed by atoms with Crippen molar-refractivity contribution >= 4 is 17.9 Å². The predicted molar refractivity (Wildman–Crippen MR) is 135 cm³/mol. The van der Waals surface area contributed by atoms with Gasteiger partial charge in [-0.05, 0) is 63.8 Å². The van der Waals surface area contributed by atoms with Gasteiger partial charge in [0.2, 0.25) is 11.8 Å². The smallest absolute Gasteiger partial charge is 0.408 e. The van der Waals surface area contributed by atoms with E-state index in [4.69, 9.17) is 4.74 Å². The Bertz CT molecular complexity index is 837. The van der Waals surface area contributed by atoms with Crippen LogP contribution in [0.15, 0.2) is 18.2 Å². The molecule has 198 valence electrons. The molecular weight excluding hydrogens is 450 g/mol. The van der Waals surface area contributed by atoms with Gasteiger partial charge >= 0.3 is 6.09 Å². The van der Waals surface area contributed by atoms with E-state index < -0.39 is 36.3 Å². The molecule has 0 aromatic heterocycles. The summed E-state index contributed by atoms with van der Waals surface area (Å²) in [4.78, 5) is 40.7. The lowest BCUT2D eigenvalue weighted by molar-refractivity contribution is -0.143. The van der Waals surface area contributed by atoms with Crippen molar-refractivity contribution in [1.82, 2.24) is 15.5 Å². The number of carbonyl (C=O) groups excluding carboxylic acids is 3. The fourth-order valence-corrected chi connectivity index (χ4v) is 3.54. The van der Waals surface area contributed by atoms with Gasteiger partial charge in [0.25, 0.3) is 0 Å². The molecule has 1 aromatic rings. The third-order valence-electron chi connectivity index (χ3n) is 5.38. The summed E-state index contributed by atoms with van der Waals surface area (Å²) in [6.45, 7) is 10.9. The average molecular weight is 494 g/mol. The van der Waals surface area contributed by atoms with Crippen LogP contribution in [0.25, 0.3) is 0 Å². The highest BCUT2D eigenvalue weighted by Crippen LogP contribution is 2.27. The Labute approximate surface area is 209 Å². The number of carbonyl (C=O) groups is 3. The molecule has 0 bridgehead atoms. The number of benzene rings is 1. The normalized spacial score (nSPS) is 13.0. The van der Waals surface area contributed by atoms with Gasteiger partial charge in [-0.25, -0.2) is 4.79 Å². The number of hydrogen-bond donors (Lipinski definition) is 4. The monoisotopic (exact) mass is 493 g/mol. The van der Waals surface area contributed by atoms with Gasteiger partial charge in [-0.1, -0.05) is 39.2 Å². The van der Waals surface area contributed by atoms with Crippen LogP contribution in [0.3, 0.4) is 0 Å². The second kappa shape index (κ2) is 14.6. The van der Waals surface area contributed by atoms with Gasteiger partial charge in [0, 0.05) is 13.1 Å². The van der Waals surface area contributed by atoms with Crippen molar-refractivity contribution in [1.29, 1.82) is 0 Å². The largest absolute Gasteiger partial charge is 0.508 e. The standard InChI is InChI=1S/C26H43N3O6/c1-7-9-11-15-29(24(33)20(17-30)28-25(34)35-26(4,5)6)22(23(32)27-14-10-8-2)19-12-13-21(31)18(3)16-19/h12-13,16,20,22,30-31H,7-11,14-15,17H2,1-6H3,(H,27,32)(H,28,34). The molecule has 9 nitrogen and oxygen atoms in total. The summed E-state index contributed by atoms with van der Waals surface area (Å²) in [5, 5.41) is 25.3. The molecule has 0 saturated heterocycles. The SMILES string of the molecule is CCCCCN(C(=O)C(CO)NC(=O)OC(C)(C)C)C(C(=O)NCCCC)c1ccc(O)c(C)c1. The van der Waals surface area contributed by atoms with Crippen molar-refractivity contribution in [2.45, 2.75) is 91.3 Å². The summed E-state index contributed by atoms with van der Waals surface area (Å²) in [5.74, 6) is -0.860. The number of phenolic OH excluding ortho intramolecular Hbond substituents is 1. The number of alkyl carbamates (subject to hydrolysis) is 1. The summed E-state index contributed by atoms with van der Waals surface area (Å²) in [6, 6.07) is 2.51. The van der Waals surface area contributed by atoms with Crippen molar-refractivity contribution in [3.05, 3.63) is 29.3 Å². The van der Waals surface area contributed by atoms with Gasteiger partial charge in [-0.2, -0.15) is 0 Å². The number of amides is 3. The van der Waals surface area contributed by atoms with Crippen LogP contribution in [-0.2, 0) is 14.3 Å². The molecule has 3 amide bonds. The number of aliphatic hydroxyl groups excluding tert-OH is 1. The van der Waals surface area contributed by atoms with Gasteiger partial charge in [0.15, 0.2) is 0 Å². The lowest BCUT2D eigenvalue weighted by Gasteiger charge is -2.34. The minimum absolute atomic E-state index is 0.0857. The molecule has 0 aliphatic carbocycles. The molecule has 0 saturated carbocycles. The Morgan fingerprint density at radius 3 is 2.29 bits per heavy atom. The topological polar surface area (TPSA) is 128 Å². The van der Waals surface area contributed by atoms with E-state index in [2.05, 4.69) is 10.6 Å². The Morgan fingerprint density at radius 1 is 1.09 bits per heavy atom. The van der Waals surface area contributed by atoms with Crippen molar-refractivity contribution in [2.75, 3.05) is 19.7 Å². The third kappa shape index (κ3) is 10.1. The zero-order chi connectivity index (χ0) is 26.6. The number of nitrogens with one attached hydrogen (secondary N) is 2. The fourth-order valence-electron chi connectivity index (χ4n) is 3.54. The molecule has 35 heavy (non-hydrogen) atoms. The van der Waals surface area contributed by atoms with Crippen molar-refractivity contribution in [3.8, 4) is 5.75 Å². The molecule has 1 aromatic carbocycles. The first-order valence-electron chi connectivity index (χ1n) is 12.4. The third-order valence-corrected chi connectivity index (χ3v) is 5.38. The number of ether oxygens (including phenoxy) is 1. The van der Waals surface area contributed by atoms with Gasteiger partial charge < -0.3 is 30.5 Å². The van der Waals surface area contributed by atoms with Crippen LogP contribution in [0.2, 0.25) is 0 Å². The zero-order valence-electron chi connectivity index (χ0n) is 22.0. The molecule has 0 radical (unpaired) electrons. The summed E-state index contributed by atoms with van der Waals surface area (Å²) >= 11 is 0.